The minimum atomic E-state index is 0.367. The van der Waals surface area contributed by atoms with Crippen LogP contribution in [-0.4, -0.2) is 17.4 Å². The number of hydrogen-bond donors (Lipinski definition) is 2. The summed E-state index contributed by atoms with van der Waals surface area (Å²) in [6.45, 7) is 4.09. The Hall–Kier alpha value is -1.09. The molecular weight excluding hydrogens is 154 g/mol. The summed E-state index contributed by atoms with van der Waals surface area (Å²) in [7, 11) is 1.00. The van der Waals surface area contributed by atoms with Crippen molar-refractivity contribution in [3.8, 4) is 0 Å². The highest BCUT2D eigenvalue weighted by Crippen LogP contribution is 2.06. The smallest absolute Gasteiger partial charge is 0.236 e. The molecule has 1 rings (SSSR count). The lowest BCUT2D eigenvalue weighted by molar-refractivity contribution is -0.910. The standard InChI is InChI=1S/C8H12NO.CH4O/c1-7(2)8-5-3-4-6-9(8)10;1-2/h3-7,10H,1-2H3;2H,1H3/q+1;. The van der Waals surface area contributed by atoms with E-state index in [4.69, 9.17) is 5.11 Å². The van der Waals surface area contributed by atoms with Crippen LogP contribution in [0.1, 0.15) is 25.5 Å². The zero-order chi connectivity index (χ0) is 9.56. The Balaban J connectivity index is 0.000000561. The number of aliphatic hydroxyl groups excluding tert-OH is 1. The fourth-order valence-electron chi connectivity index (χ4n) is 0.905. The highest BCUT2D eigenvalue weighted by molar-refractivity contribution is 5.00. The third kappa shape index (κ3) is 2.88. The van der Waals surface area contributed by atoms with Gasteiger partial charge in [0.25, 0.3) is 0 Å². The van der Waals surface area contributed by atoms with Gasteiger partial charge in [-0.15, -0.1) is 0 Å². The highest BCUT2D eigenvalue weighted by Gasteiger charge is 2.11. The van der Waals surface area contributed by atoms with Crippen molar-refractivity contribution in [1.82, 2.24) is 0 Å². The largest absolute Gasteiger partial charge is 0.400 e. The van der Waals surface area contributed by atoms with E-state index in [2.05, 4.69) is 0 Å². The van der Waals surface area contributed by atoms with Crippen LogP contribution < -0.4 is 4.73 Å². The first-order valence-corrected chi connectivity index (χ1v) is 3.86. The van der Waals surface area contributed by atoms with E-state index >= 15 is 0 Å². The summed E-state index contributed by atoms with van der Waals surface area (Å²) in [5, 5.41) is 16.2. The predicted molar refractivity (Wildman–Crippen MR) is 46.1 cm³/mol. The zero-order valence-electron chi connectivity index (χ0n) is 7.73. The molecule has 0 aromatic carbocycles. The average molecular weight is 170 g/mol. The molecule has 0 saturated heterocycles. The molecule has 0 radical (unpaired) electrons. The molecule has 3 nitrogen and oxygen atoms in total. The number of nitrogens with zero attached hydrogens (tertiary/aromatic N) is 1. The van der Waals surface area contributed by atoms with Crippen molar-refractivity contribution in [3.05, 3.63) is 30.1 Å². The molecule has 0 aliphatic heterocycles. The minimum absolute atomic E-state index is 0.367. The summed E-state index contributed by atoms with van der Waals surface area (Å²) in [6.07, 6.45) is 1.63. The van der Waals surface area contributed by atoms with Crippen LogP contribution in [0.3, 0.4) is 0 Å². The van der Waals surface area contributed by atoms with Gasteiger partial charge in [0.05, 0.1) is 0 Å². The second-order valence-corrected chi connectivity index (χ2v) is 2.62. The summed E-state index contributed by atoms with van der Waals surface area (Å²) in [5.74, 6) is 0.367. The van der Waals surface area contributed by atoms with E-state index < -0.39 is 0 Å². The van der Waals surface area contributed by atoms with E-state index in [1.165, 1.54) is 0 Å². The molecule has 0 amide bonds. The van der Waals surface area contributed by atoms with Crippen molar-refractivity contribution in [2.24, 2.45) is 0 Å². The lowest BCUT2D eigenvalue weighted by Crippen LogP contribution is -2.34. The Morgan fingerprint density at radius 1 is 1.25 bits per heavy atom. The molecule has 68 valence electrons. The number of rotatable bonds is 1. The maximum atomic E-state index is 9.20. The molecule has 0 bridgehead atoms. The molecular formula is C9H16NO2+. The van der Waals surface area contributed by atoms with Crippen molar-refractivity contribution in [1.29, 1.82) is 0 Å². The normalized spacial score (nSPS) is 9.08. The molecule has 2 N–H and O–H groups in total. The highest BCUT2D eigenvalue weighted by atomic mass is 16.5. The predicted octanol–water partition coefficient (Wildman–Crippen LogP) is 0.943. The van der Waals surface area contributed by atoms with E-state index in [0.717, 1.165) is 17.5 Å². The maximum Gasteiger partial charge on any atom is 0.236 e. The molecule has 0 unspecified atom stereocenters. The Kier molecular flexibility index (Phi) is 5.04. The maximum absolute atomic E-state index is 9.20. The first-order chi connectivity index (χ1) is 5.72. The molecule has 0 spiro atoms. The van der Waals surface area contributed by atoms with Crippen LogP contribution in [0.4, 0.5) is 0 Å². The van der Waals surface area contributed by atoms with Crippen LogP contribution in [0.5, 0.6) is 0 Å². The van der Waals surface area contributed by atoms with Crippen LogP contribution in [0.2, 0.25) is 0 Å². The molecule has 1 heterocycles. The van der Waals surface area contributed by atoms with Crippen molar-refractivity contribution >= 4 is 0 Å². The molecule has 0 saturated carbocycles. The van der Waals surface area contributed by atoms with Gasteiger partial charge in [-0.25, -0.2) is 0 Å². The van der Waals surface area contributed by atoms with Gasteiger partial charge in [-0.3, -0.25) is 5.21 Å². The number of pyridine rings is 1. The topological polar surface area (TPSA) is 44.3 Å². The van der Waals surface area contributed by atoms with Crippen molar-refractivity contribution < 1.29 is 15.0 Å². The van der Waals surface area contributed by atoms with Crippen LogP contribution in [0, 0.1) is 0 Å². The first-order valence-electron chi connectivity index (χ1n) is 3.86. The number of aromatic nitrogens is 1. The van der Waals surface area contributed by atoms with Gasteiger partial charge in [0.1, 0.15) is 0 Å². The summed E-state index contributed by atoms with van der Waals surface area (Å²) >= 11 is 0. The van der Waals surface area contributed by atoms with Crippen molar-refractivity contribution in [2.45, 2.75) is 19.8 Å². The van der Waals surface area contributed by atoms with Gasteiger partial charge < -0.3 is 5.11 Å². The Bertz CT molecular complexity index is 224. The van der Waals surface area contributed by atoms with Crippen molar-refractivity contribution in [3.63, 3.8) is 0 Å². The van der Waals surface area contributed by atoms with Gasteiger partial charge in [0, 0.05) is 29.9 Å². The van der Waals surface area contributed by atoms with Crippen molar-refractivity contribution in [2.75, 3.05) is 7.11 Å². The molecule has 0 aliphatic carbocycles. The van der Waals surface area contributed by atoms with Gasteiger partial charge >= 0.3 is 0 Å². The van der Waals surface area contributed by atoms with E-state index in [-0.39, 0.29) is 0 Å². The monoisotopic (exact) mass is 170 g/mol. The van der Waals surface area contributed by atoms with E-state index in [9.17, 15) is 5.21 Å². The number of hydrogen-bond acceptors (Lipinski definition) is 2. The summed E-state index contributed by atoms with van der Waals surface area (Å²) in [6, 6.07) is 5.62. The van der Waals surface area contributed by atoms with Crippen LogP contribution in [0.25, 0.3) is 0 Å². The Labute approximate surface area is 72.9 Å². The van der Waals surface area contributed by atoms with E-state index in [0.29, 0.717) is 5.92 Å². The van der Waals surface area contributed by atoms with E-state index in [1.807, 2.05) is 26.0 Å². The second-order valence-electron chi connectivity index (χ2n) is 2.62. The Morgan fingerprint density at radius 3 is 2.17 bits per heavy atom. The molecule has 3 heteroatoms. The summed E-state index contributed by atoms with van der Waals surface area (Å²) in [4.78, 5) is 0. The minimum Gasteiger partial charge on any atom is -0.400 e. The molecule has 0 atom stereocenters. The quantitative estimate of drug-likeness (QED) is 0.486. The molecule has 0 fully saturated rings. The molecule has 12 heavy (non-hydrogen) atoms. The van der Waals surface area contributed by atoms with E-state index in [1.54, 1.807) is 12.3 Å². The van der Waals surface area contributed by atoms with Crippen LogP contribution >= 0.6 is 0 Å². The Morgan fingerprint density at radius 2 is 1.83 bits per heavy atom. The molecule has 1 aromatic rings. The van der Waals surface area contributed by atoms with Gasteiger partial charge in [-0.05, 0) is 6.07 Å². The second kappa shape index (κ2) is 5.55. The third-order valence-electron chi connectivity index (χ3n) is 1.46. The van der Waals surface area contributed by atoms with Crippen LogP contribution in [0.15, 0.2) is 24.4 Å². The van der Waals surface area contributed by atoms with Gasteiger partial charge in [-0.2, -0.15) is 0 Å². The summed E-state index contributed by atoms with van der Waals surface area (Å²) in [5.41, 5.74) is 0.933. The average Bonchev–Trinajstić information content (AvgIpc) is 2.08. The first kappa shape index (κ1) is 10.9. The van der Waals surface area contributed by atoms with Crippen LogP contribution in [-0.2, 0) is 0 Å². The number of aliphatic hydroxyl groups is 1. The third-order valence-corrected chi connectivity index (χ3v) is 1.46. The molecule has 1 aromatic heterocycles. The van der Waals surface area contributed by atoms with Gasteiger partial charge in [0.15, 0.2) is 0 Å². The zero-order valence-corrected chi connectivity index (χ0v) is 7.73. The lowest BCUT2D eigenvalue weighted by atomic mass is 10.1. The lowest BCUT2D eigenvalue weighted by Gasteiger charge is -1.97. The summed E-state index contributed by atoms with van der Waals surface area (Å²) < 4.78 is 1.16. The SMILES string of the molecule is CC(C)c1cccc[n+]1O.CO. The van der Waals surface area contributed by atoms with Gasteiger partial charge in [-0.1, -0.05) is 13.8 Å². The molecule has 0 aliphatic rings. The van der Waals surface area contributed by atoms with Gasteiger partial charge in [0.2, 0.25) is 11.9 Å². The fourth-order valence-corrected chi connectivity index (χ4v) is 0.905. The fraction of sp³-hybridized carbons (Fsp3) is 0.444.